The highest BCUT2D eigenvalue weighted by Gasteiger charge is 2.35. The van der Waals surface area contributed by atoms with Crippen molar-refractivity contribution < 1.29 is 0 Å². The van der Waals surface area contributed by atoms with Gasteiger partial charge in [0.2, 0.25) is 0 Å². The molecule has 2 aliphatic heterocycles. The first kappa shape index (κ1) is 12.9. The molecule has 4 heterocycles. The molecule has 2 saturated heterocycles. The molecule has 2 unspecified atom stereocenters. The Morgan fingerprint density at radius 1 is 1.35 bits per heavy atom. The summed E-state index contributed by atoms with van der Waals surface area (Å²) in [6.07, 6.45) is 5.98. The van der Waals surface area contributed by atoms with Gasteiger partial charge in [0.15, 0.2) is 10.8 Å². The predicted octanol–water partition coefficient (Wildman–Crippen LogP) is 2.81. The minimum Gasteiger partial charge on any atom is -0.353 e. The molecule has 2 fully saturated rings. The smallest absolute Gasteiger partial charge is 0.195 e. The largest absolute Gasteiger partial charge is 0.353 e. The molecular weight excluding hydrogens is 292 g/mol. The number of anilines is 1. The molecule has 0 saturated carbocycles. The highest BCUT2D eigenvalue weighted by molar-refractivity contribution is 7.15. The summed E-state index contributed by atoms with van der Waals surface area (Å²) in [4.78, 5) is 10.9. The fraction of sp³-hybridized carbons (Fsp3) is 0.643. The molecule has 4 rings (SSSR count). The lowest BCUT2D eigenvalue weighted by atomic mass is 10.1. The van der Waals surface area contributed by atoms with Crippen LogP contribution in [0.15, 0.2) is 11.6 Å². The van der Waals surface area contributed by atoms with Crippen molar-refractivity contribution in [3.05, 3.63) is 17.3 Å². The van der Waals surface area contributed by atoms with Crippen LogP contribution in [0.25, 0.3) is 4.96 Å². The van der Waals surface area contributed by atoms with Gasteiger partial charge in [-0.15, -0.1) is 22.9 Å². The van der Waals surface area contributed by atoms with E-state index in [0.29, 0.717) is 11.9 Å². The molecule has 2 atom stereocenters. The van der Waals surface area contributed by atoms with Gasteiger partial charge in [-0.25, -0.2) is 4.98 Å². The number of thiazole rings is 1. The second-order valence-electron chi connectivity index (χ2n) is 5.86. The van der Waals surface area contributed by atoms with Gasteiger partial charge in [0.05, 0.1) is 11.6 Å². The minimum absolute atomic E-state index is 0.521. The fourth-order valence-electron chi connectivity index (χ4n) is 3.70. The third-order valence-electron chi connectivity index (χ3n) is 4.91. The molecule has 20 heavy (non-hydrogen) atoms. The van der Waals surface area contributed by atoms with Crippen LogP contribution in [0.4, 0.5) is 5.82 Å². The zero-order valence-electron chi connectivity index (χ0n) is 11.6. The SMILES string of the molecule is CN1C2CCC1CN(c1nc3sccn3c1CCl)CC2. The van der Waals surface area contributed by atoms with E-state index in [4.69, 9.17) is 16.6 Å². The summed E-state index contributed by atoms with van der Waals surface area (Å²) >= 11 is 7.86. The molecule has 0 amide bonds. The lowest BCUT2D eigenvalue weighted by molar-refractivity contribution is 0.254. The molecular formula is C14H19ClN4S. The van der Waals surface area contributed by atoms with E-state index in [2.05, 4.69) is 32.8 Å². The fourth-order valence-corrected chi connectivity index (χ4v) is 4.68. The van der Waals surface area contributed by atoms with Gasteiger partial charge in [0.1, 0.15) is 0 Å². The number of fused-ring (bicyclic) bond motifs is 3. The molecule has 0 N–H and O–H groups in total. The van der Waals surface area contributed by atoms with E-state index in [9.17, 15) is 0 Å². The van der Waals surface area contributed by atoms with E-state index in [1.807, 2.05) is 0 Å². The maximum atomic E-state index is 6.18. The average Bonchev–Trinajstić information content (AvgIpc) is 3.04. The third kappa shape index (κ3) is 1.87. The second kappa shape index (κ2) is 4.90. The van der Waals surface area contributed by atoms with Gasteiger partial charge in [0, 0.05) is 36.8 Å². The zero-order chi connectivity index (χ0) is 13.7. The summed E-state index contributed by atoms with van der Waals surface area (Å²) in [7, 11) is 2.28. The number of nitrogens with zero attached hydrogens (tertiary/aromatic N) is 4. The van der Waals surface area contributed by atoms with Crippen LogP contribution < -0.4 is 4.90 Å². The Bertz CT molecular complexity index is 622. The molecule has 0 radical (unpaired) electrons. The molecule has 2 aliphatic rings. The maximum Gasteiger partial charge on any atom is 0.195 e. The van der Waals surface area contributed by atoms with Crippen molar-refractivity contribution in [2.24, 2.45) is 0 Å². The molecule has 6 heteroatoms. The zero-order valence-corrected chi connectivity index (χ0v) is 13.2. The van der Waals surface area contributed by atoms with Crippen molar-refractivity contribution >= 4 is 33.7 Å². The van der Waals surface area contributed by atoms with Gasteiger partial charge in [-0.1, -0.05) is 0 Å². The average molecular weight is 311 g/mol. The summed E-state index contributed by atoms with van der Waals surface area (Å²) in [5.41, 5.74) is 1.14. The molecule has 2 aromatic heterocycles. The van der Waals surface area contributed by atoms with Gasteiger partial charge in [-0.3, -0.25) is 9.30 Å². The quantitative estimate of drug-likeness (QED) is 0.797. The van der Waals surface area contributed by atoms with Crippen molar-refractivity contribution in [1.29, 1.82) is 0 Å². The predicted molar refractivity (Wildman–Crippen MR) is 84.0 cm³/mol. The van der Waals surface area contributed by atoms with Gasteiger partial charge >= 0.3 is 0 Å². The van der Waals surface area contributed by atoms with Crippen LogP contribution in [-0.2, 0) is 5.88 Å². The summed E-state index contributed by atoms with van der Waals surface area (Å²) in [5, 5.41) is 2.07. The van der Waals surface area contributed by atoms with Crippen LogP contribution in [0.2, 0.25) is 0 Å². The monoisotopic (exact) mass is 310 g/mol. The Morgan fingerprint density at radius 2 is 2.20 bits per heavy atom. The standard InChI is InChI=1S/C14H19ClN4S/c1-17-10-2-3-11(17)9-18(5-4-10)13-12(8-15)19-6-7-20-14(19)16-13/h6-7,10-11H,2-5,8-9H2,1H3. The lowest BCUT2D eigenvalue weighted by Gasteiger charge is -2.26. The number of imidazole rings is 1. The topological polar surface area (TPSA) is 23.8 Å². The van der Waals surface area contributed by atoms with Gasteiger partial charge in [-0.05, 0) is 26.3 Å². The van der Waals surface area contributed by atoms with Crippen LogP contribution in [-0.4, -0.2) is 46.5 Å². The maximum absolute atomic E-state index is 6.18. The van der Waals surface area contributed by atoms with Gasteiger partial charge < -0.3 is 4.90 Å². The number of halogens is 1. The molecule has 4 nitrogen and oxygen atoms in total. The van der Waals surface area contributed by atoms with Crippen molar-refractivity contribution in [1.82, 2.24) is 14.3 Å². The first-order valence-electron chi connectivity index (χ1n) is 7.25. The van der Waals surface area contributed by atoms with Crippen LogP contribution in [0.5, 0.6) is 0 Å². The Morgan fingerprint density at radius 3 is 3.05 bits per heavy atom. The number of aromatic nitrogens is 2. The lowest BCUT2D eigenvalue weighted by Crippen LogP contribution is -2.37. The number of rotatable bonds is 2. The number of hydrogen-bond acceptors (Lipinski definition) is 4. The Labute approximate surface area is 128 Å². The number of likely N-dealkylation sites (N-methyl/N-ethyl adjacent to an activating group) is 1. The Hall–Kier alpha value is -0.780. The summed E-state index contributed by atoms with van der Waals surface area (Å²) in [6.45, 7) is 2.18. The molecule has 2 aromatic rings. The van der Waals surface area contributed by atoms with Crippen LogP contribution in [0.1, 0.15) is 25.0 Å². The first-order valence-corrected chi connectivity index (χ1v) is 8.66. The number of alkyl halides is 1. The van der Waals surface area contributed by atoms with Crippen LogP contribution in [0, 0.1) is 0 Å². The molecule has 0 spiro atoms. The van der Waals surface area contributed by atoms with E-state index in [1.54, 1.807) is 11.3 Å². The highest BCUT2D eigenvalue weighted by Crippen LogP contribution is 2.33. The van der Waals surface area contributed by atoms with Gasteiger partial charge in [0.25, 0.3) is 0 Å². The van der Waals surface area contributed by atoms with Crippen molar-refractivity contribution in [2.75, 3.05) is 25.0 Å². The summed E-state index contributed by atoms with van der Waals surface area (Å²) in [6, 6.07) is 1.43. The Balaban J connectivity index is 1.70. The van der Waals surface area contributed by atoms with E-state index in [-0.39, 0.29) is 0 Å². The van der Waals surface area contributed by atoms with Crippen LogP contribution >= 0.6 is 22.9 Å². The molecule has 108 valence electrons. The summed E-state index contributed by atoms with van der Waals surface area (Å²) < 4.78 is 2.14. The second-order valence-corrected chi connectivity index (χ2v) is 7.00. The molecule has 0 aliphatic carbocycles. The molecule has 0 aromatic carbocycles. The van der Waals surface area contributed by atoms with E-state index in [0.717, 1.165) is 35.6 Å². The number of hydrogen-bond donors (Lipinski definition) is 0. The Kier molecular flexibility index (Phi) is 3.16. The van der Waals surface area contributed by atoms with Crippen molar-refractivity contribution in [3.8, 4) is 0 Å². The van der Waals surface area contributed by atoms with E-state index >= 15 is 0 Å². The molecule has 2 bridgehead atoms. The van der Waals surface area contributed by atoms with Crippen molar-refractivity contribution in [2.45, 2.75) is 37.2 Å². The highest BCUT2D eigenvalue weighted by atomic mass is 35.5. The third-order valence-corrected chi connectivity index (χ3v) is 5.92. The van der Waals surface area contributed by atoms with E-state index in [1.165, 1.54) is 19.3 Å². The minimum atomic E-state index is 0.521. The van der Waals surface area contributed by atoms with Gasteiger partial charge in [-0.2, -0.15) is 0 Å². The summed E-state index contributed by atoms with van der Waals surface area (Å²) in [5.74, 6) is 1.63. The van der Waals surface area contributed by atoms with Crippen LogP contribution in [0.3, 0.4) is 0 Å². The van der Waals surface area contributed by atoms with E-state index < -0.39 is 0 Å². The normalized spacial score (nSPS) is 27.4. The first-order chi connectivity index (χ1) is 9.78. The van der Waals surface area contributed by atoms with Crippen molar-refractivity contribution in [3.63, 3.8) is 0 Å².